The maximum absolute atomic E-state index is 12.1. The SMILES string of the molecule is CSCCC(C)NS(=O)(=O)c1ccc(CCO)cc1. The lowest BCUT2D eigenvalue weighted by Crippen LogP contribution is -2.33. The van der Waals surface area contributed by atoms with Gasteiger partial charge in [-0.3, -0.25) is 0 Å². The van der Waals surface area contributed by atoms with Crippen molar-refractivity contribution in [3.05, 3.63) is 29.8 Å². The summed E-state index contributed by atoms with van der Waals surface area (Å²) in [5, 5.41) is 8.82. The van der Waals surface area contributed by atoms with Crippen LogP contribution in [0.3, 0.4) is 0 Å². The van der Waals surface area contributed by atoms with Crippen LogP contribution < -0.4 is 4.72 Å². The first-order valence-corrected chi connectivity index (χ1v) is 9.08. The first-order chi connectivity index (χ1) is 8.99. The Balaban J connectivity index is 2.71. The molecule has 0 spiro atoms. The summed E-state index contributed by atoms with van der Waals surface area (Å²) in [7, 11) is -3.44. The van der Waals surface area contributed by atoms with Gasteiger partial charge in [0.1, 0.15) is 0 Å². The Morgan fingerprint density at radius 3 is 2.47 bits per heavy atom. The molecule has 0 heterocycles. The van der Waals surface area contributed by atoms with Crippen molar-refractivity contribution < 1.29 is 13.5 Å². The fraction of sp³-hybridized carbons (Fsp3) is 0.538. The number of benzene rings is 1. The van der Waals surface area contributed by atoms with Crippen LogP contribution in [0.25, 0.3) is 0 Å². The zero-order valence-corrected chi connectivity index (χ0v) is 12.9. The van der Waals surface area contributed by atoms with E-state index >= 15 is 0 Å². The molecule has 0 amide bonds. The maximum atomic E-state index is 12.1. The van der Waals surface area contributed by atoms with Crippen molar-refractivity contribution in [2.45, 2.75) is 30.7 Å². The van der Waals surface area contributed by atoms with Gasteiger partial charge in [0.05, 0.1) is 4.90 Å². The van der Waals surface area contributed by atoms with Crippen LogP contribution in [-0.2, 0) is 16.4 Å². The van der Waals surface area contributed by atoms with Gasteiger partial charge in [-0.15, -0.1) is 0 Å². The molecule has 0 fully saturated rings. The lowest BCUT2D eigenvalue weighted by Gasteiger charge is -2.13. The maximum Gasteiger partial charge on any atom is 0.240 e. The minimum Gasteiger partial charge on any atom is -0.396 e. The number of rotatable bonds is 8. The molecule has 19 heavy (non-hydrogen) atoms. The van der Waals surface area contributed by atoms with Gasteiger partial charge >= 0.3 is 0 Å². The highest BCUT2D eigenvalue weighted by Crippen LogP contribution is 2.12. The number of thioether (sulfide) groups is 1. The lowest BCUT2D eigenvalue weighted by atomic mass is 10.2. The zero-order chi connectivity index (χ0) is 14.3. The zero-order valence-electron chi connectivity index (χ0n) is 11.3. The van der Waals surface area contributed by atoms with Crippen LogP contribution in [-0.4, -0.2) is 38.2 Å². The van der Waals surface area contributed by atoms with Gasteiger partial charge in [0.15, 0.2) is 0 Å². The van der Waals surface area contributed by atoms with E-state index in [1.165, 1.54) is 0 Å². The van der Waals surface area contributed by atoms with Crippen molar-refractivity contribution in [1.29, 1.82) is 0 Å². The summed E-state index contributed by atoms with van der Waals surface area (Å²) in [6, 6.07) is 6.55. The molecule has 4 nitrogen and oxygen atoms in total. The summed E-state index contributed by atoms with van der Waals surface area (Å²) in [5.74, 6) is 0.930. The van der Waals surface area contributed by atoms with E-state index in [1.54, 1.807) is 36.0 Å². The van der Waals surface area contributed by atoms with Crippen molar-refractivity contribution in [3.63, 3.8) is 0 Å². The van der Waals surface area contributed by atoms with Crippen LogP contribution >= 0.6 is 11.8 Å². The molecular formula is C13H21NO3S2. The normalized spacial score (nSPS) is 13.4. The van der Waals surface area contributed by atoms with E-state index in [-0.39, 0.29) is 17.5 Å². The number of aliphatic hydroxyl groups is 1. The molecule has 0 aliphatic heterocycles. The molecular weight excluding hydrogens is 282 g/mol. The van der Waals surface area contributed by atoms with Gasteiger partial charge in [0.2, 0.25) is 10.0 Å². The van der Waals surface area contributed by atoms with Crippen molar-refractivity contribution >= 4 is 21.8 Å². The predicted octanol–water partition coefficient (Wildman–Crippen LogP) is 1.64. The van der Waals surface area contributed by atoms with Gasteiger partial charge in [0.25, 0.3) is 0 Å². The largest absolute Gasteiger partial charge is 0.396 e. The molecule has 0 saturated heterocycles. The Morgan fingerprint density at radius 1 is 1.32 bits per heavy atom. The average molecular weight is 303 g/mol. The highest BCUT2D eigenvalue weighted by atomic mass is 32.2. The lowest BCUT2D eigenvalue weighted by molar-refractivity contribution is 0.299. The van der Waals surface area contributed by atoms with Crippen molar-refractivity contribution in [1.82, 2.24) is 4.72 Å². The Labute approximate surface area is 119 Å². The molecule has 1 aromatic rings. The third-order valence-corrected chi connectivity index (χ3v) is 4.99. The van der Waals surface area contributed by atoms with E-state index in [2.05, 4.69) is 4.72 Å². The van der Waals surface area contributed by atoms with Gasteiger partial charge in [-0.2, -0.15) is 11.8 Å². The van der Waals surface area contributed by atoms with E-state index in [9.17, 15) is 8.42 Å². The first-order valence-electron chi connectivity index (χ1n) is 6.20. The van der Waals surface area contributed by atoms with Gasteiger partial charge in [-0.1, -0.05) is 12.1 Å². The number of hydrogen-bond donors (Lipinski definition) is 2. The summed E-state index contributed by atoms with van der Waals surface area (Å²) in [6.07, 6.45) is 3.35. The Kier molecular flexibility index (Phi) is 6.85. The van der Waals surface area contributed by atoms with Gasteiger partial charge in [-0.25, -0.2) is 13.1 Å². The Morgan fingerprint density at radius 2 is 1.95 bits per heavy atom. The molecule has 0 bridgehead atoms. The second-order valence-corrected chi connectivity index (χ2v) is 7.12. The van der Waals surface area contributed by atoms with Gasteiger partial charge < -0.3 is 5.11 Å². The number of aliphatic hydroxyl groups excluding tert-OH is 1. The number of hydrogen-bond acceptors (Lipinski definition) is 4. The van der Waals surface area contributed by atoms with Crippen LogP contribution in [0.4, 0.5) is 0 Å². The van der Waals surface area contributed by atoms with Crippen LogP contribution in [0.15, 0.2) is 29.2 Å². The summed E-state index contributed by atoms with van der Waals surface area (Å²) >= 11 is 1.70. The van der Waals surface area contributed by atoms with Crippen molar-refractivity contribution in [2.75, 3.05) is 18.6 Å². The summed E-state index contributed by atoms with van der Waals surface area (Å²) in [6.45, 7) is 1.93. The topological polar surface area (TPSA) is 66.4 Å². The molecule has 0 aliphatic carbocycles. The average Bonchev–Trinajstić information content (AvgIpc) is 2.37. The van der Waals surface area contributed by atoms with Crippen LogP contribution in [0, 0.1) is 0 Å². The van der Waals surface area contributed by atoms with Crippen molar-refractivity contribution in [2.24, 2.45) is 0 Å². The minimum atomic E-state index is -3.44. The molecule has 6 heteroatoms. The van der Waals surface area contributed by atoms with Gasteiger partial charge in [-0.05, 0) is 49.5 Å². The molecule has 2 N–H and O–H groups in total. The predicted molar refractivity (Wildman–Crippen MR) is 80.0 cm³/mol. The van der Waals surface area contributed by atoms with Crippen LogP contribution in [0.2, 0.25) is 0 Å². The van der Waals surface area contributed by atoms with Crippen LogP contribution in [0.1, 0.15) is 18.9 Å². The van der Waals surface area contributed by atoms with E-state index in [1.807, 2.05) is 13.2 Å². The molecule has 1 rings (SSSR count). The fourth-order valence-electron chi connectivity index (χ4n) is 1.65. The first kappa shape index (κ1) is 16.5. The molecule has 0 aliphatic rings. The highest BCUT2D eigenvalue weighted by molar-refractivity contribution is 7.98. The second-order valence-electron chi connectivity index (χ2n) is 4.42. The van der Waals surface area contributed by atoms with Crippen molar-refractivity contribution in [3.8, 4) is 0 Å². The summed E-state index contributed by atoms with van der Waals surface area (Å²) in [4.78, 5) is 0.269. The van der Waals surface area contributed by atoms with Crippen LogP contribution in [0.5, 0.6) is 0 Å². The molecule has 0 saturated carbocycles. The molecule has 1 aromatic carbocycles. The third-order valence-electron chi connectivity index (χ3n) is 2.75. The fourth-order valence-corrected chi connectivity index (χ4v) is 3.52. The molecule has 0 aromatic heterocycles. The quantitative estimate of drug-likeness (QED) is 0.766. The van der Waals surface area contributed by atoms with E-state index in [0.717, 1.165) is 17.7 Å². The molecule has 1 unspecified atom stereocenters. The Hall–Kier alpha value is -0.560. The smallest absolute Gasteiger partial charge is 0.240 e. The standard InChI is InChI=1S/C13H21NO3S2/c1-11(8-10-18-2)14-19(16,17)13-5-3-12(4-6-13)7-9-15/h3-6,11,14-15H,7-10H2,1-2H3. The summed E-state index contributed by atoms with van der Waals surface area (Å²) in [5.41, 5.74) is 0.928. The van der Waals surface area contributed by atoms with E-state index in [0.29, 0.717) is 6.42 Å². The third kappa shape index (κ3) is 5.52. The monoisotopic (exact) mass is 303 g/mol. The molecule has 0 radical (unpaired) electrons. The van der Waals surface area contributed by atoms with E-state index < -0.39 is 10.0 Å². The Bertz CT molecular complexity index is 471. The highest BCUT2D eigenvalue weighted by Gasteiger charge is 2.16. The van der Waals surface area contributed by atoms with Gasteiger partial charge in [0, 0.05) is 12.6 Å². The minimum absolute atomic E-state index is 0.0655. The second kappa shape index (κ2) is 7.89. The number of sulfonamides is 1. The molecule has 108 valence electrons. The van der Waals surface area contributed by atoms with E-state index in [4.69, 9.17) is 5.11 Å². The summed E-state index contributed by atoms with van der Waals surface area (Å²) < 4.78 is 26.9. The number of nitrogens with one attached hydrogen (secondary N) is 1. The molecule has 1 atom stereocenters.